The third kappa shape index (κ3) is 3.85. The summed E-state index contributed by atoms with van der Waals surface area (Å²) >= 11 is 0. The van der Waals surface area contributed by atoms with Gasteiger partial charge in [0, 0.05) is 38.4 Å². The lowest BCUT2D eigenvalue weighted by Crippen LogP contribution is -2.39. The van der Waals surface area contributed by atoms with Crippen molar-refractivity contribution in [3.8, 4) is 11.6 Å². The van der Waals surface area contributed by atoms with E-state index in [0.717, 1.165) is 18.5 Å². The average Bonchev–Trinajstić information content (AvgIpc) is 3.16. The highest BCUT2D eigenvalue weighted by Gasteiger charge is 2.27. The second-order valence-electron chi connectivity index (χ2n) is 6.81. The Morgan fingerprint density at radius 1 is 1.25 bits per heavy atom. The zero-order valence-corrected chi connectivity index (χ0v) is 15.5. The zero-order valence-electron chi connectivity index (χ0n) is 15.5. The van der Waals surface area contributed by atoms with Crippen LogP contribution < -0.4 is 4.74 Å². The van der Waals surface area contributed by atoms with E-state index in [0.29, 0.717) is 18.7 Å². The molecule has 1 saturated heterocycles. The molecular weight excluding hydrogens is 361 g/mol. The molecule has 8 heteroatoms. The Morgan fingerprint density at radius 3 is 2.89 bits per heavy atom. The van der Waals surface area contributed by atoms with E-state index >= 15 is 0 Å². The van der Waals surface area contributed by atoms with Gasteiger partial charge < -0.3 is 9.64 Å². The molecule has 1 fully saturated rings. The predicted octanol–water partition coefficient (Wildman–Crippen LogP) is 3.16. The van der Waals surface area contributed by atoms with Gasteiger partial charge in [0.15, 0.2) is 11.6 Å². The topological polar surface area (TPSA) is 73.1 Å². The number of aryl methyl sites for hydroxylation is 1. The molecule has 7 nitrogen and oxygen atoms in total. The maximum Gasteiger partial charge on any atom is 0.257 e. The van der Waals surface area contributed by atoms with Crippen molar-refractivity contribution in [2.75, 3.05) is 13.1 Å². The quantitative estimate of drug-likeness (QED) is 0.694. The Bertz CT molecular complexity index is 990. The molecule has 3 aromatic rings. The number of carbonyl (C=O) groups excluding carboxylic acids is 1. The van der Waals surface area contributed by atoms with Gasteiger partial charge in [-0.05, 0) is 25.0 Å². The van der Waals surface area contributed by atoms with E-state index < -0.39 is 5.82 Å². The molecule has 0 radical (unpaired) electrons. The average molecular weight is 381 g/mol. The van der Waals surface area contributed by atoms with Crippen molar-refractivity contribution in [3.63, 3.8) is 0 Å². The van der Waals surface area contributed by atoms with Crippen LogP contribution in [0.2, 0.25) is 0 Å². The maximum absolute atomic E-state index is 13.8. The first-order valence-electron chi connectivity index (χ1n) is 9.12. The molecule has 0 saturated carbocycles. The molecule has 1 aliphatic rings. The first kappa shape index (κ1) is 18.1. The summed E-state index contributed by atoms with van der Waals surface area (Å²) in [5.74, 6) is -0.111. The predicted molar refractivity (Wildman–Crippen MR) is 99.6 cm³/mol. The highest BCUT2D eigenvalue weighted by atomic mass is 19.1. The first-order valence-corrected chi connectivity index (χ1v) is 9.12. The van der Waals surface area contributed by atoms with Crippen LogP contribution in [0.3, 0.4) is 0 Å². The number of amides is 1. The Labute approximate surface area is 161 Å². The molecule has 1 atom stereocenters. The number of carbonyl (C=O) groups is 1. The van der Waals surface area contributed by atoms with E-state index in [9.17, 15) is 9.18 Å². The van der Waals surface area contributed by atoms with Crippen LogP contribution in [0.1, 0.15) is 34.8 Å². The molecule has 4 rings (SSSR count). The van der Waals surface area contributed by atoms with E-state index in [1.807, 2.05) is 4.90 Å². The van der Waals surface area contributed by atoms with Crippen molar-refractivity contribution in [2.24, 2.45) is 7.05 Å². The number of hydrogen-bond donors (Lipinski definition) is 0. The van der Waals surface area contributed by atoms with Crippen LogP contribution >= 0.6 is 0 Å². The highest BCUT2D eigenvalue weighted by Crippen LogP contribution is 2.28. The van der Waals surface area contributed by atoms with E-state index in [-0.39, 0.29) is 23.5 Å². The normalized spacial score (nSPS) is 16.8. The number of likely N-dealkylation sites (tertiary alicyclic amines) is 1. The molecule has 0 spiro atoms. The lowest BCUT2D eigenvalue weighted by Gasteiger charge is -2.32. The van der Waals surface area contributed by atoms with Crippen LogP contribution in [0.25, 0.3) is 0 Å². The molecule has 0 N–H and O–H groups in total. The molecule has 28 heavy (non-hydrogen) atoms. The highest BCUT2D eigenvalue weighted by molar-refractivity contribution is 5.93. The van der Waals surface area contributed by atoms with E-state index in [1.54, 1.807) is 48.5 Å². The monoisotopic (exact) mass is 381 g/mol. The summed E-state index contributed by atoms with van der Waals surface area (Å²) in [6.07, 6.45) is 8.20. The third-order valence-electron chi connectivity index (χ3n) is 4.76. The Balaban J connectivity index is 1.49. The number of rotatable bonds is 4. The van der Waals surface area contributed by atoms with Crippen molar-refractivity contribution < 1.29 is 13.9 Å². The Hall–Kier alpha value is -3.29. The van der Waals surface area contributed by atoms with Crippen LogP contribution in [0.4, 0.5) is 4.39 Å². The van der Waals surface area contributed by atoms with E-state index in [2.05, 4.69) is 15.1 Å². The lowest BCUT2D eigenvalue weighted by molar-refractivity contribution is 0.0705. The summed E-state index contributed by atoms with van der Waals surface area (Å²) in [6, 6.07) is 6.16. The van der Waals surface area contributed by atoms with Crippen molar-refractivity contribution in [1.82, 2.24) is 24.6 Å². The molecule has 3 heterocycles. The van der Waals surface area contributed by atoms with Crippen molar-refractivity contribution in [2.45, 2.75) is 18.8 Å². The summed E-state index contributed by atoms with van der Waals surface area (Å²) in [4.78, 5) is 23.2. The van der Waals surface area contributed by atoms with Gasteiger partial charge in [-0.15, -0.1) is 0 Å². The molecule has 0 aliphatic carbocycles. The smallest absolute Gasteiger partial charge is 0.257 e. The number of para-hydroxylation sites is 1. The maximum atomic E-state index is 13.8. The van der Waals surface area contributed by atoms with Crippen LogP contribution in [-0.2, 0) is 7.05 Å². The van der Waals surface area contributed by atoms with E-state index in [1.165, 1.54) is 12.3 Å². The van der Waals surface area contributed by atoms with Crippen molar-refractivity contribution in [1.29, 1.82) is 0 Å². The number of piperidine rings is 1. The summed E-state index contributed by atoms with van der Waals surface area (Å²) in [6.45, 7) is 1.24. The molecule has 0 bridgehead atoms. The number of nitrogens with zero attached hydrogens (tertiary/aromatic N) is 5. The first-order chi connectivity index (χ1) is 13.6. The lowest BCUT2D eigenvalue weighted by atomic mass is 9.94. The minimum Gasteiger partial charge on any atom is -0.434 e. The molecular formula is C20H20FN5O2. The SMILES string of the molecule is Cn1cc(C(=O)N2CCC[C@H](c3cncc(Oc4ccccc4F)n3)C2)cn1. The largest absolute Gasteiger partial charge is 0.434 e. The Morgan fingerprint density at radius 2 is 2.11 bits per heavy atom. The van der Waals surface area contributed by atoms with Crippen LogP contribution in [0.5, 0.6) is 11.6 Å². The molecule has 1 aromatic carbocycles. The van der Waals surface area contributed by atoms with Crippen LogP contribution in [0.15, 0.2) is 49.1 Å². The van der Waals surface area contributed by atoms with Gasteiger partial charge in [0.05, 0.1) is 23.7 Å². The number of halogens is 1. The third-order valence-corrected chi connectivity index (χ3v) is 4.76. The second-order valence-corrected chi connectivity index (χ2v) is 6.81. The summed E-state index contributed by atoms with van der Waals surface area (Å²) in [7, 11) is 1.78. The van der Waals surface area contributed by atoms with Crippen LogP contribution in [0, 0.1) is 5.82 Å². The fourth-order valence-electron chi connectivity index (χ4n) is 3.37. The second kappa shape index (κ2) is 7.75. The molecule has 1 aliphatic heterocycles. The van der Waals surface area contributed by atoms with Crippen molar-refractivity contribution >= 4 is 5.91 Å². The minimum absolute atomic E-state index is 0.0375. The van der Waals surface area contributed by atoms with Gasteiger partial charge in [-0.25, -0.2) is 9.37 Å². The number of benzene rings is 1. The Kier molecular flexibility index (Phi) is 5.01. The van der Waals surface area contributed by atoms with Gasteiger partial charge in [0.2, 0.25) is 5.88 Å². The fourth-order valence-corrected chi connectivity index (χ4v) is 3.37. The summed E-state index contributed by atoms with van der Waals surface area (Å²) in [5.41, 5.74) is 1.31. The summed E-state index contributed by atoms with van der Waals surface area (Å²) < 4.78 is 21.0. The van der Waals surface area contributed by atoms with Gasteiger partial charge in [0.1, 0.15) is 0 Å². The van der Waals surface area contributed by atoms with Gasteiger partial charge >= 0.3 is 0 Å². The van der Waals surface area contributed by atoms with Crippen molar-refractivity contribution in [3.05, 3.63) is 66.1 Å². The molecule has 144 valence electrons. The van der Waals surface area contributed by atoms with Gasteiger partial charge in [-0.1, -0.05) is 12.1 Å². The fraction of sp³-hybridized carbons (Fsp3) is 0.300. The number of aromatic nitrogens is 4. The van der Waals surface area contributed by atoms with Gasteiger partial charge in [-0.3, -0.25) is 14.5 Å². The molecule has 0 unspecified atom stereocenters. The molecule has 2 aromatic heterocycles. The van der Waals surface area contributed by atoms with Gasteiger partial charge in [0.25, 0.3) is 5.91 Å². The van der Waals surface area contributed by atoms with Gasteiger partial charge in [-0.2, -0.15) is 5.10 Å². The molecule has 1 amide bonds. The van der Waals surface area contributed by atoms with E-state index in [4.69, 9.17) is 4.74 Å². The zero-order chi connectivity index (χ0) is 19.5. The number of ether oxygens (including phenoxy) is 1. The van der Waals surface area contributed by atoms with Crippen LogP contribution in [-0.4, -0.2) is 43.6 Å². The summed E-state index contributed by atoms with van der Waals surface area (Å²) in [5, 5.41) is 4.07. The number of hydrogen-bond acceptors (Lipinski definition) is 5. The minimum atomic E-state index is -0.458. The standard InChI is InChI=1S/C20H20FN5O2/c1-25-12-15(9-23-25)20(27)26-8-4-5-14(13-26)17-10-22-11-19(24-17)28-18-7-3-2-6-16(18)21/h2-3,6-7,9-12,14H,4-5,8,13H2,1H3/t14-/m0/s1.